The zero-order valence-corrected chi connectivity index (χ0v) is 20.8. The van der Waals surface area contributed by atoms with Gasteiger partial charge in [-0.05, 0) is 44.5 Å². The Labute approximate surface area is 205 Å². The summed E-state index contributed by atoms with van der Waals surface area (Å²) in [5.74, 6) is -0.419. The standard InChI is InChI=1S/C20H20Cl3N5O4S/c1-20(2,3)28-19(32-18-14(22)8-12(21)10-26-18)15(23)16(27-28)17(29)25-9-11-4-6-13(7-5-11)33(24,30)31/h4-8,10H,9H2,1-3H3,(H,25,29)(H2,24,30,31). The smallest absolute Gasteiger partial charge is 0.273 e. The highest BCUT2D eigenvalue weighted by atomic mass is 35.5. The Kier molecular flexibility index (Phi) is 7.25. The van der Waals surface area contributed by atoms with Gasteiger partial charge in [-0.25, -0.2) is 23.2 Å². The molecule has 1 amide bonds. The zero-order chi connectivity index (χ0) is 24.6. The average molecular weight is 533 g/mol. The van der Waals surface area contributed by atoms with Crippen molar-refractivity contribution in [2.75, 3.05) is 0 Å². The molecule has 2 heterocycles. The number of pyridine rings is 1. The summed E-state index contributed by atoms with van der Waals surface area (Å²) >= 11 is 18.5. The molecule has 9 nitrogen and oxygen atoms in total. The summed E-state index contributed by atoms with van der Waals surface area (Å²) < 4.78 is 30.0. The number of primary sulfonamides is 1. The summed E-state index contributed by atoms with van der Waals surface area (Å²) in [5.41, 5.74) is -0.0106. The number of amides is 1. The molecule has 0 fully saturated rings. The van der Waals surface area contributed by atoms with Crippen LogP contribution in [0.3, 0.4) is 0 Å². The zero-order valence-electron chi connectivity index (χ0n) is 17.8. The van der Waals surface area contributed by atoms with Gasteiger partial charge in [-0.1, -0.05) is 46.9 Å². The van der Waals surface area contributed by atoms with E-state index in [9.17, 15) is 13.2 Å². The van der Waals surface area contributed by atoms with E-state index in [0.29, 0.717) is 10.6 Å². The molecule has 2 aromatic heterocycles. The summed E-state index contributed by atoms with van der Waals surface area (Å²) in [5, 5.41) is 12.6. The van der Waals surface area contributed by atoms with Crippen molar-refractivity contribution in [2.24, 2.45) is 5.14 Å². The van der Waals surface area contributed by atoms with Crippen molar-refractivity contribution in [1.29, 1.82) is 0 Å². The lowest BCUT2D eigenvalue weighted by atomic mass is 10.1. The van der Waals surface area contributed by atoms with Crippen LogP contribution in [0, 0.1) is 0 Å². The van der Waals surface area contributed by atoms with Crippen LogP contribution in [0.15, 0.2) is 41.4 Å². The minimum Gasteiger partial charge on any atom is -0.418 e. The van der Waals surface area contributed by atoms with E-state index in [0.717, 1.165) is 0 Å². The lowest BCUT2D eigenvalue weighted by molar-refractivity contribution is 0.0944. The van der Waals surface area contributed by atoms with E-state index in [1.165, 1.54) is 41.2 Å². The van der Waals surface area contributed by atoms with Gasteiger partial charge in [-0.2, -0.15) is 5.10 Å². The monoisotopic (exact) mass is 531 g/mol. The third-order valence-corrected chi connectivity index (χ3v) is 6.06. The molecule has 0 saturated carbocycles. The number of hydrogen-bond acceptors (Lipinski definition) is 6. The quantitative estimate of drug-likeness (QED) is 0.485. The molecule has 13 heteroatoms. The van der Waals surface area contributed by atoms with Crippen molar-refractivity contribution in [3.63, 3.8) is 0 Å². The Balaban J connectivity index is 1.86. The second-order valence-corrected chi connectivity index (χ2v) is 10.7. The van der Waals surface area contributed by atoms with Crippen LogP contribution < -0.4 is 15.2 Å². The molecular formula is C20H20Cl3N5O4S. The molecule has 0 bridgehead atoms. The maximum absolute atomic E-state index is 12.8. The minimum atomic E-state index is -3.80. The fourth-order valence-corrected chi connectivity index (χ4v) is 3.88. The summed E-state index contributed by atoms with van der Waals surface area (Å²) in [7, 11) is -3.80. The largest absolute Gasteiger partial charge is 0.418 e. The Morgan fingerprint density at radius 2 is 1.82 bits per heavy atom. The third kappa shape index (κ3) is 5.96. The van der Waals surface area contributed by atoms with Crippen molar-refractivity contribution in [2.45, 2.75) is 37.8 Å². The van der Waals surface area contributed by atoms with Crippen molar-refractivity contribution in [1.82, 2.24) is 20.1 Å². The maximum Gasteiger partial charge on any atom is 0.273 e. The molecule has 3 N–H and O–H groups in total. The highest BCUT2D eigenvalue weighted by molar-refractivity contribution is 7.89. The Bertz CT molecular complexity index is 1300. The van der Waals surface area contributed by atoms with E-state index in [1.807, 2.05) is 20.8 Å². The van der Waals surface area contributed by atoms with Crippen LogP contribution in [-0.4, -0.2) is 29.1 Å². The number of ether oxygens (including phenoxy) is 1. The highest BCUT2D eigenvalue weighted by Crippen LogP contribution is 2.37. The first kappa shape index (κ1) is 25.3. The Morgan fingerprint density at radius 1 is 1.18 bits per heavy atom. The second kappa shape index (κ2) is 9.47. The lowest BCUT2D eigenvalue weighted by Crippen LogP contribution is -2.26. The topological polar surface area (TPSA) is 129 Å². The van der Waals surface area contributed by atoms with Crippen LogP contribution in [0.2, 0.25) is 15.1 Å². The van der Waals surface area contributed by atoms with E-state index in [-0.39, 0.29) is 38.9 Å². The molecule has 1 aromatic carbocycles. The molecule has 0 saturated heterocycles. The van der Waals surface area contributed by atoms with Gasteiger partial charge < -0.3 is 10.1 Å². The van der Waals surface area contributed by atoms with Crippen LogP contribution in [0.25, 0.3) is 0 Å². The van der Waals surface area contributed by atoms with Crippen LogP contribution in [-0.2, 0) is 22.1 Å². The van der Waals surface area contributed by atoms with Crippen LogP contribution >= 0.6 is 34.8 Å². The van der Waals surface area contributed by atoms with Gasteiger partial charge in [0.05, 0.1) is 15.5 Å². The van der Waals surface area contributed by atoms with E-state index < -0.39 is 21.5 Å². The van der Waals surface area contributed by atoms with Gasteiger partial charge in [-0.3, -0.25) is 4.79 Å². The molecule has 0 atom stereocenters. The lowest BCUT2D eigenvalue weighted by Gasteiger charge is -2.21. The van der Waals surface area contributed by atoms with Gasteiger partial charge in [0.15, 0.2) is 5.69 Å². The first-order valence-electron chi connectivity index (χ1n) is 9.45. The molecule has 176 valence electrons. The second-order valence-electron chi connectivity index (χ2n) is 7.96. The first-order valence-corrected chi connectivity index (χ1v) is 12.1. The SMILES string of the molecule is CC(C)(C)n1nc(C(=O)NCc2ccc(S(N)(=O)=O)cc2)c(Cl)c1Oc1ncc(Cl)cc1Cl. The normalized spacial score (nSPS) is 12.0. The Morgan fingerprint density at radius 3 is 2.36 bits per heavy atom. The van der Waals surface area contributed by atoms with Crippen molar-refractivity contribution < 1.29 is 17.9 Å². The fourth-order valence-electron chi connectivity index (χ4n) is 2.70. The van der Waals surface area contributed by atoms with E-state index >= 15 is 0 Å². The summed E-state index contributed by atoms with van der Waals surface area (Å²) in [6.45, 7) is 5.67. The van der Waals surface area contributed by atoms with Crippen LogP contribution in [0.4, 0.5) is 0 Å². The third-order valence-electron chi connectivity index (χ3n) is 4.31. The molecular weight excluding hydrogens is 513 g/mol. The Hall–Kier alpha value is -2.37. The predicted molar refractivity (Wildman–Crippen MR) is 126 cm³/mol. The molecule has 0 unspecified atom stereocenters. The number of hydrogen-bond donors (Lipinski definition) is 2. The molecule has 33 heavy (non-hydrogen) atoms. The van der Waals surface area contributed by atoms with E-state index in [1.54, 1.807) is 0 Å². The first-order chi connectivity index (χ1) is 15.3. The van der Waals surface area contributed by atoms with Gasteiger partial charge in [0, 0.05) is 12.7 Å². The van der Waals surface area contributed by atoms with Gasteiger partial charge in [0.25, 0.3) is 5.91 Å². The van der Waals surface area contributed by atoms with E-state index in [4.69, 9.17) is 44.7 Å². The van der Waals surface area contributed by atoms with Gasteiger partial charge in [0.1, 0.15) is 10.0 Å². The number of carbonyl (C=O) groups excluding carboxylic acids is 1. The molecule has 3 aromatic rings. The molecule has 0 aliphatic rings. The molecule has 0 aliphatic carbocycles. The number of nitrogens with zero attached hydrogens (tertiary/aromatic N) is 3. The molecule has 0 spiro atoms. The number of benzene rings is 1. The summed E-state index contributed by atoms with van der Waals surface area (Å²) in [6, 6.07) is 7.25. The number of nitrogens with one attached hydrogen (secondary N) is 1. The van der Waals surface area contributed by atoms with Crippen molar-refractivity contribution in [3.8, 4) is 11.8 Å². The average Bonchev–Trinajstić information content (AvgIpc) is 3.04. The minimum absolute atomic E-state index is 0.0270. The van der Waals surface area contributed by atoms with Gasteiger partial charge in [0.2, 0.25) is 21.8 Å². The number of nitrogens with two attached hydrogens (primary N) is 1. The summed E-state index contributed by atoms with van der Waals surface area (Å²) in [4.78, 5) is 16.8. The molecule has 3 rings (SSSR count). The predicted octanol–water partition coefficient (Wildman–Crippen LogP) is 4.36. The molecule has 0 aliphatic heterocycles. The van der Waals surface area contributed by atoms with E-state index in [2.05, 4.69) is 15.4 Å². The number of halogens is 3. The maximum atomic E-state index is 12.8. The number of aromatic nitrogens is 3. The fraction of sp³-hybridized carbons (Fsp3) is 0.250. The number of rotatable bonds is 6. The number of sulfonamides is 1. The van der Waals surface area contributed by atoms with Crippen LogP contribution in [0.5, 0.6) is 11.8 Å². The molecule has 0 radical (unpaired) electrons. The summed E-state index contributed by atoms with van der Waals surface area (Å²) in [6.07, 6.45) is 1.36. The van der Waals surface area contributed by atoms with Gasteiger partial charge in [-0.15, -0.1) is 0 Å². The highest BCUT2D eigenvalue weighted by Gasteiger charge is 2.29. The van der Waals surface area contributed by atoms with Gasteiger partial charge >= 0.3 is 0 Å². The number of carbonyl (C=O) groups is 1. The van der Waals surface area contributed by atoms with Crippen molar-refractivity contribution >= 4 is 50.7 Å². The van der Waals surface area contributed by atoms with Crippen molar-refractivity contribution in [3.05, 3.63) is 62.9 Å². The van der Waals surface area contributed by atoms with Crippen LogP contribution in [0.1, 0.15) is 36.8 Å².